The van der Waals surface area contributed by atoms with Crippen molar-refractivity contribution in [2.45, 2.75) is 0 Å². The number of hydrogen-bond acceptors (Lipinski definition) is 5. The highest BCUT2D eigenvalue weighted by Crippen LogP contribution is 2.28. The molecule has 2 aromatic carbocycles. The molecule has 0 saturated carbocycles. The number of rotatable bonds is 3. The summed E-state index contributed by atoms with van der Waals surface area (Å²) in [4.78, 5) is 37.4. The second-order valence-electron chi connectivity index (χ2n) is 4.77. The van der Waals surface area contributed by atoms with E-state index in [1.165, 1.54) is 24.3 Å². The second kappa shape index (κ2) is 5.73. The van der Waals surface area contributed by atoms with E-state index in [1.807, 2.05) is 0 Å². The van der Waals surface area contributed by atoms with Gasteiger partial charge in [0.15, 0.2) is 6.61 Å². The van der Waals surface area contributed by atoms with E-state index >= 15 is 0 Å². The Morgan fingerprint density at radius 1 is 1.00 bits per heavy atom. The van der Waals surface area contributed by atoms with Gasteiger partial charge in [-0.15, -0.1) is 0 Å². The third-order valence-electron chi connectivity index (χ3n) is 3.42. The number of nitrogens with zero attached hydrogens (tertiary/aromatic N) is 2. The molecule has 0 bridgehead atoms. The lowest BCUT2D eigenvalue weighted by Crippen LogP contribution is -2.29. The predicted molar refractivity (Wildman–Crippen MR) is 79.9 cm³/mol. The molecule has 112 valence electrons. The molecule has 3 rings (SSSR count). The maximum absolute atomic E-state index is 12.3. The van der Waals surface area contributed by atoms with E-state index in [9.17, 15) is 14.4 Å². The maximum Gasteiger partial charge on any atom is 0.339 e. The van der Waals surface area contributed by atoms with Crippen LogP contribution in [0.3, 0.4) is 0 Å². The van der Waals surface area contributed by atoms with Gasteiger partial charge in [-0.1, -0.05) is 12.1 Å². The van der Waals surface area contributed by atoms with Gasteiger partial charge in [0.25, 0.3) is 11.8 Å². The highest BCUT2D eigenvalue weighted by molar-refractivity contribution is 6.34. The Hall–Kier alpha value is -3.46. The zero-order valence-electron chi connectivity index (χ0n) is 11.9. The molecule has 6 nitrogen and oxygen atoms in total. The van der Waals surface area contributed by atoms with Crippen LogP contribution in [0, 0.1) is 11.3 Å². The van der Waals surface area contributed by atoms with Gasteiger partial charge in [-0.25, -0.2) is 9.69 Å². The van der Waals surface area contributed by atoms with Crippen molar-refractivity contribution in [2.24, 2.45) is 0 Å². The number of carbonyl (C=O) groups excluding carboxylic acids is 3. The number of ether oxygens (including phenoxy) is 1. The van der Waals surface area contributed by atoms with Crippen molar-refractivity contribution in [3.63, 3.8) is 0 Å². The van der Waals surface area contributed by atoms with Gasteiger partial charge in [0, 0.05) is 0 Å². The molecular formula is C17H10N2O4. The second-order valence-corrected chi connectivity index (χ2v) is 4.77. The number of fused-ring (bicyclic) bond motifs is 1. The van der Waals surface area contributed by atoms with Gasteiger partial charge in [0.2, 0.25) is 0 Å². The first-order valence-electron chi connectivity index (χ1n) is 6.75. The summed E-state index contributed by atoms with van der Waals surface area (Å²) < 4.78 is 4.69. The fraction of sp³-hybridized carbons (Fsp3) is 0.0588. The van der Waals surface area contributed by atoms with Crippen LogP contribution in [-0.2, 0) is 4.74 Å². The molecule has 2 aromatic rings. The van der Waals surface area contributed by atoms with Crippen LogP contribution in [0.4, 0.5) is 5.69 Å². The lowest BCUT2D eigenvalue weighted by atomic mass is 10.1. The fourth-order valence-electron chi connectivity index (χ4n) is 2.35. The molecule has 0 N–H and O–H groups in total. The fourth-order valence-corrected chi connectivity index (χ4v) is 2.35. The van der Waals surface area contributed by atoms with Gasteiger partial charge >= 0.3 is 5.97 Å². The van der Waals surface area contributed by atoms with Crippen LogP contribution >= 0.6 is 0 Å². The Morgan fingerprint density at radius 3 is 2.09 bits per heavy atom. The van der Waals surface area contributed by atoms with E-state index in [0.29, 0.717) is 16.8 Å². The molecule has 0 spiro atoms. The van der Waals surface area contributed by atoms with Gasteiger partial charge in [0.05, 0.1) is 22.4 Å². The van der Waals surface area contributed by atoms with E-state index in [1.54, 1.807) is 30.3 Å². The molecule has 1 aliphatic rings. The third-order valence-corrected chi connectivity index (χ3v) is 3.42. The monoisotopic (exact) mass is 306 g/mol. The van der Waals surface area contributed by atoms with Crippen molar-refractivity contribution in [3.05, 3.63) is 65.2 Å². The summed E-state index contributed by atoms with van der Waals surface area (Å²) in [5.41, 5.74) is 1.32. The Labute approximate surface area is 131 Å². The van der Waals surface area contributed by atoms with Crippen molar-refractivity contribution < 1.29 is 19.1 Å². The summed E-state index contributed by atoms with van der Waals surface area (Å²) in [6.07, 6.45) is 0. The maximum atomic E-state index is 12.3. The van der Waals surface area contributed by atoms with Crippen LogP contribution in [0.5, 0.6) is 0 Å². The number of imide groups is 1. The molecule has 1 aliphatic heterocycles. The highest BCUT2D eigenvalue weighted by Gasteiger charge is 2.36. The summed E-state index contributed by atoms with van der Waals surface area (Å²) >= 11 is 0. The zero-order chi connectivity index (χ0) is 16.4. The van der Waals surface area contributed by atoms with E-state index in [0.717, 1.165) is 4.90 Å². The average Bonchev–Trinajstić information content (AvgIpc) is 2.84. The molecule has 2 amide bonds. The minimum absolute atomic E-state index is 0.237. The van der Waals surface area contributed by atoms with Crippen LogP contribution in [0.2, 0.25) is 0 Å². The summed E-state index contributed by atoms with van der Waals surface area (Å²) in [5, 5.41) is 8.39. The summed E-state index contributed by atoms with van der Waals surface area (Å²) in [5.74, 6) is -1.43. The molecular weight excluding hydrogens is 296 g/mol. The van der Waals surface area contributed by atoms with Crippen LogP contribution < -0.4 is 4.90 Å². The van der Waals surface area contributed by atoms with Crippen LogP contribution in [0.1, 0.15) is 31.1 Å². The number of hydrogen-bond donors (Lipinski definition) is 0. The van der Waals surface area contributed by atoms with Crippen LogP contribution in [-0.4, -0.2) is 24.4 Å². The van der Waals surface area contributed by atoms with E-state index in [-0.39, 0.29) is 12.2 Å². The van der Waals surface area contributed by atoms with Gasteiger partial charge in [-0.05, 0) is 36.4 Å². The molecule has 6 heteroatoms. The Kier molecular flexibility index (Phi) is 3.61. The molecule has 0 fully saturated rings. The van der Waals surface area contributed by atoms with Gasteiger partial charge in [-0.2, -0.15) is 5.26 Å². The summed E-state index contributed by atoms with van der Waals surface area (Å²) in [6, 6.07) is 14.2. The number of esters is 1. The number of benzene rings is 2. The first kappa shape index (κ1) is 14.5. The van der Waals surface area contributed by atoms with Crippen molar-refractivity contribution >= 4 is 23.5 Å². The molecule has 0 aliphatic carbocycles. The molecule has 0 radical (unpaired) electrons. The largest absolute Gasteiger partial charge is 0.447 e. The Bertz CT molecular complexity index is 815. The first-order chi connectivity index (χ1) is 11.1. The van der Waals surface area contributed by atoms with Crippen LogP contribution in [0.15, 0.2) is 48.5 Å². The van der Waals surface area contributed by atoms with Crippen molar-refractivity contribution in [1.29, 1.82) is 5.26 Å². The molecule has 0 atom stereocenters. The third kappa shape index (κ3) is 2.45. The molecule has 1 heterocycles. The first-order valence-corrected chi connectivity index (χ1v) is 6.75. The molecule has 0 saturated heterocycles. The number of carbonyl (C=O) groups is 3. The van der Waals surface area contributed by atoms with Crippen LogP contribution in [0.25, 0.3) is 0 Å². The van der Waals surface area contributed by atoms with E-state index in [4.69, 9.17) is 5.26 Å². The number of anilines is 1. The average molecular weight is 306 g/mol. The molecule has 23 heavy (non-hydrogen) atoms. The van der Waals surface area contributed by atoms with Crippen molar-refractivity contribution in [2.75, 3.05) is 11.5 Å². The topological polar surface area (TPSA) is 87.5 Å². The Balaban J connectivity index is 1.87. The van der Waals surface area contributed by atoms with E-state index in [2.05, 4.69) is 4.74 Å². The summed E-state index contributed by atoms with van der Waals surface area (Å²) in [6.45, 7) is -0.334. The minimum Gasteiger partial charge on any atom is -0.447 e. The van der Waals surface area contributed by atoms with Crippen molar-refractivity contribution in [1.82, 2.24) is 0 Å². The number of amides is 2. The van der Waals surface area contributed by atoms with E-state index < -0.39 is 17.8 Å². The SMILES string of the molecule is N#CCOC(=O)c1ccc(N2C(=O)c3ccccc3C2=O)cc1. The Morgan fingerprint density at radius 2 is 1.57 bits per heavy atom. The smallest absolute Gasteiger partial charge is 0.339 e. The van der Waals surface area contributed by atoms with Gasteiger partial charge in [-0.3, -0.25) is 9.59 Å². The lowest BCUT2D eigenvalue weighted by molar-refractivity contribution is 0.0555. The predicted octanol–water partition coefficient (Wildman–Crippen LogP) is 2.17. The standard InChI is InChI=1S/C17H10N2O4/c18-9-10-23-17(22)11-5-7-12(8-6-11)19-15(20)13-3-1-2-4-14(13)16(19)21/h1-8H,10H2. The zero-order valence-corrected chi connectivity index (χ0v) is 11.9. The minimum atomic E-state index is -0.638. The lowest BCUT2D eigenvalue weighted by Gasteiger charge is -2.14. The number of nitriles is 1. The highest BCUT2D eigenvalue weighted by atomic mass is 16.5. The summed E-state index contributed by atoms with van der Waals surface area (Å²) in [7, 11) is 0. The van der Waals surface area contributed by atoms with Crippen molar-refractivity contribution in [3.8, 4) is 6.07 Å². The van der Waals surface area contributed by atoms with Gasteiger partial charge < -0.3 is 4.74 Å². The quantitative estimate of drug-likeness (QED) is 0.640. The normalized spacial score (nSPS) is 12.7. The molecule has 0 unspecified atom stereocenters. The van der Waals surface area contributed by atoms with Gasteiger partial charge in [0.1, 0.15) is 6.07 Å². The molecule has 0 aromatic heterocycles.